The topological polar surface area (TPSA) is 43.6 Å². The second-order valence-electron chi connectivity index (χ2n) is 4.29. The summed E-state index contributed by atoms with van der Waals surface area (Å²) in [6.45, 7) is 8.56. The van der Waals surface area contributed by atoms with Gasteiger partial charge in [-0.1, -0.05) is 13.8 Å². The molecule has 0 radical (unpaired) electrons. The molecule has 0 amide bonds. The van der Waals surface area contributed by atoms with Crippen LogP contribution in [-0.2, 0) is 0 Å². The molecule has 15 heavy (non-hydrogen) atoms. The first-order chi connectivity index (χ1) is 7.11. The van der Waals surface area contributed by atoms with E-state index in [0.717, 1.165) is 17.1 Å². The van der Waals surface area contributed by atoms with Crippen LogP contribution in [0.4, 0.5) is 0 Å². The molecule has 2 heterocycles. The molecule has 0 aliphatic heterocycles. The van der Waals surface area contributed by atoms with Gasteiger partial charge < -0.3 is 4.57 Å². The predicted octanol–water partition coefficient (Wildman–Crippen LogP) is 2.53. The fraction of sp³-hybridized carbons (Fsp3) is 0.545. The Morgan fingerprint density at radius 3 is 2.33 bits per heavy atom. The summed E-state index contributed by atoms with van der Waals surface area (Å²) in [7, 11) is 0. The van der Waals surface area contributed by atoms with E-state index in [0.29, 0.717) is 12.0 Å². The molecule has 4 nitrogen and oxygen atoms in total. The van der Waals surface area contributed by atoms with Crippen molar-refractivity contribution in [3.63, 3.8) is 0 Å². The van der Waals surface area contributed by atoms with Crippen LogP contribution in [0.25, 0.3) is 11.3 Å². The number of hydrogen-bond donors (Lipinski definition) is 0. The van der Waals surface area contributed by atoms with Crippen molar-refractivity contribution in [3.8, 4) is 0 Å². The molecule has 0 saturated carbocycles. The smallest absolute Gasteiger partial charge is 0.197 e. The highest BCUT2D eigenvalue weighted by molar-refractivity contribution is 5.66. The van der Waals surface area contributed by atoms with Crippen molar-refractivity contribution in [3.05, 3.63) is 18.2 Å². The minimum absolute atomic E-state index is 0.365. The summed E-state index contributed by atoms with van der Waals surface area (Å²) in [6.07, 6.45) is 3.40. The Bertz CT molecular complexity index is 470. The highest BCUT2D eigenvalue weighted by atomic mass is 15.2. The zero-order valence-corrected chi connectivity index (χ0v) is 9.60. The second kappa shape index (κ2) is 3.61. The molecule has 80 valence electrons. The lowest BCUT2D eigenvalue weighted by Crippen LogP contribution is -2.08. The number of fused-ring (bicyclic) bond motifs is 1. The van der Waals surface area contributed by atoms with Crippen LogP contribution in [0.15, 0.2) is 12.4 Å². The maximum Gasteiger partial charge on any atom is 0.197 e. The van der Waals surface area contributed by atoms with Crippen LogP contribution < -0.4 is 0 Å². The first-order valence-corrected chi connectivity index (χ1v) is 5.30. The van der Waals surface area contributed by atoms with Crippen molar-refractivity contribution >= 4 is 11.3 Å². The third-order valence-electron chi connectivity index (χ3n) is 2.39. The molecule has 0 aliphatic carbocycles. The van der Waals surface area contributed by atoms with Crippen molar-refractivity contribution in [1.29, 1.82) is 0 Å². The summed E-state index contributed by atoms with van der Waals surface area (Å²) in [5.74, 6) is 1.45. The maximum atomic E-state index is 4.52. The minimum Gasteiger partial charge on any atom is -0.309 e. The largest absolute Gasteiger partial charge is 0.309 e. The van der Waals surface area contributed by atoms with Gasteiger partial charge >= 0.3 is 0 Å². The van der Waals surface area contributed by atoms with Crippen LogP contribution in [-0.4, -0.2) is 19.5 Å². The van der Waals surface area contributed by atoms with Gasteiger partial charge in [0.2, 0.25) is 0 Å². The van der Waals surface area contributed by atoms with E-state index in [4.69, 9.17) is 0 Å². The molecular formula is C11H16N4. The monoisotopic (exact) mass is 204 g/mol. The Morgan fingerprint density at radius 1 is 1.07 bits per heavy atom. The van der Waals surface area contributed by atoms with Crippen LogP contribution in [0.3, 0.4) is 0 Å². The highest BCUT2D eigenvalue weighted by Crippen LogP contribution is 2.22. The lowest BCUT2D eigenvalue weighted by molar-refractivity contribution is 0.561. The van der Waals surface area contributed by atoms with Gasteiger partial charge in [-0.25, -0.2) is 15.0 Å². The van der Waals surface area contributed by atoms with Crippen molar-refractivity contribution in [2.24, 2.45) is 0 Å². The van der Waals surface area contributed by atoms with Gasteiger partial charge in [0.25, 0.3) is 0 Å². The van der Waals surface area contributed by atoms with Gasteiger partial charge in [0, 0.05) is 24.4 Å². The summed E-state index contributed by atoms with van der Waals surface area (Å²) < 4.78 is 2.16. The Hall–Kier alpha value is -1.45. The van der Waals surface area contributed by atoms with Gasteiger partial charge in [0.15, 0.2) is 11.3 Å². The van der Waals surface area contributed by atoms with Crippen LogP contribution >= 0.6 is 0 Å². The zero-order valence-electron chi connectivity index (χ0n) is 9.60. The Balaban J connectivity index is 2.75. The molecule has 2 aromatic heterocycles. The fourth-order valence-electron chi connectivity index (χ4n) is 1.76. The molecule has 0 unspecified atom stereocenters. The lowest BCUT2D eigenvalue weighted by Gasteiger charge is -2.13. The van der Waals surface area contributed by atoms with Gasteiger partial charge in [-0.15, -0.1) is 0 Å². The number of imidazole rings is 1. The van der Waals surface area contributed by atoms with E-state index in [1.54, 1.807) is 12.4 Å². The normalized spacial score (nSPS) is 11.9. The van der Waals surface area contributed by atoms with Crippen LogP contribution in [0.2, 0.25) is 0 Å². The molecule has 0 bridgehead atoms. The van der Waals surface area contributed by atoms with Gasteiger partial charge in [-0.2, -0.15) is 0 Å². The van der Waals surface area contributed by atoms with E-state index in [1.807, 2.05) is 0 Å². The van der Waals surface area contributed by atoms with Gasteiger partial charge in [0.1, 0.15) is 5.82 Å². The van der Waals surface area contributed by atoms with E-state index in [-0.39, 0.29) is 0 Å². The Morgan fingerprint density at radius 2 is 1.73 bits per heavy atom. The average Bonchev–Trinajstić information content (AvgIpc) is 2.56. The van der Waals surface area contributed by atoms with Crippen LogP contribution in [0.1, 0.15) is 45.5 Å². The first kappa shape index (κ1) is 10.1. The first-order valence-electron chi connectivity index (χ1n) is 5.30. The Labute approximate surface area is 89.4 Å². The average molecular weight is 204 g/mol. The predicted molar refractivity (Wildman–Crippen MR) is 59.8 cm³/mol. The second-order valence-corrected chi connectivity index (χ2v) is 4.29. The highest BCUT2D eigenvalue weighted by Gasteiger charge is 2.16. The molecule has 0 spiro atoms. The zero-order chi connectivity index (χ0) is 11.0. The molecule has 0 atom stereocenters. The molecule has 0 fully saturated rings. The summed E-state index contributed by atoms with van der Waals surface area (Å²) in [5.41, 5.74) is 1.63. The molecule has 4 heteroatoms. The van der Waals surface area contributed by atoms with Crippen molar-refractivity contribution < 1.29 is 0 Å². The minimum atomic E-state index is 0.365. The van der Waals surface area contributed by atoms with Crippen molar-refractivity contribution in [2.75, 3.05) is 0 Å². The fourth-order valence-corrected chi connectivity index (χ4v) is 1.76. The number of nitrogens with zero attached hydrogens (tertiary/aromatic N) is 4. The number of aromatic nitrogens is 4. The number of rotatable bonds is 2. The van der Waals surface area contributed by atoms with Crippen LogP contribution in [0.5, 0.6) is 0 Å². The molecular weight excluding hydrogens is 188 g/mol. The lowest BCUT2D eigenvalue weighted by atomic mass is 10.2. The SMILES string of the molecule is CC(C)c1nc2nccnc2n1C(C)C. The summed E-state index contributed by atoms with van der Waals surface area (Å²) in [5, 5.41) is 0. The summed E-state index contributed by atoms with van der Waals surface area (Å²) in [4.78, 5) is 13.1. The molecule has 0 saturated heterocycles. The summed E-state index contributed by atoms with van der Waals surface area (Å²) >= 11 is 0. The molecule has 2 rings (SSSR count). The quantitative estimate of drug-likeness (QED) is 0.755. The van der Waals surface area contributed by atoms with Crippen molar-refractivity contribution in [1.82, 2.24) is 19.5 Å². The van der Waals surface area contributed by atoms with Crippen molar-refractivity contribution in [2.45, 2.75) is 39.7 Å². The van der Waals surface area contributed by atoms with Gasteiger partial charge in [0.05, 0.1) is 0 Å². The maximum absolute atomic E-state index is 4.52. The Kier molecular flexibility index (Phi) is 2.42. The van der Waals surface area contributed by atoms with E-state index in [9.17, 15) is 0 Å². The third-order valence-corrected chi connectivity index (χ3v) is 2.39. The van der Waals surface area contributed by atoms with Gasteiger partial charge in [-0.05, 0) is 13.8 Å². The molecule has 0 aromatic carbocycles. The van der Waals surface area contributed by atoms with E-state index >= 15 is 0 Å². The molecule has 0 aliphatic rings. The number of hydrogen-bond acceptors (Lipinski definition) is 3. The van der Waals surface area contributed by atoms with Gasteiger partial charge in [-0.3, -0.25) is 0 Å². The third kappa shape index (κ3) is 1.60. The van der Waals surface area contributed by atoms with E-state index in [1.165, 1.54) is 0 Å². The molecule has 2 aromatic rings. The standard InChI is InChI=1S/C11H16N4/c1-7(2)10-14-9-11(13-6-5-12-9)15(10)8(3)4/h5-8H,1-4H3. The van der Waals surface area contributed by atoms with E-state index < -0.39 is 0 Å². The summed E-state index contributed by atoms with van der Waals surface area (Å²) in [6, 6.07) is 0.365. The molecule has 0 N–H and O–H groups in total. The van der Waals surface area contributed by atoms with Crippen LogP contribution in [0, 0.1) is 0 Å². The van der Waals surface area contributed by atoms with E-state index in [2.05, 4.69) is 47.2 Å².